The van der Waals surface area contributed by atoms with Crippen LogP contribution in [0.1, 0.15) is 17.9 Å². The number of anilines is 1. The van der Waals surface area contributed by atoms with Gasteiger partial charge in [-0.3, -0.25) is 9.59 Å². The largest absolute Gasteiger partial charge is 0.455 e. The summed E-state index contributed by atoms with van der Waals surface area (Å²) in [5, 5.41) is 3.11. The fraction of sp³-hybridized carbons (Fsp3) is 0.222. The minimum atomic E-state index is -0.526. The molecule has 2 unspecified atom stereocenters. The second-order valence-corrected chi connectivity index (χ2v) is 6.57. The van der Waals surface area contributed by atoms with Crippen LogP contribution in [0.2, 0.25) is 10.0 Å². The van der Waals surface area contributed by atoms with Crippen LogP contribution in [0, 0.1) is 11.7 Å². The number of carbonyl (C=O) groups excluding carboxylic acids is 2. The van der Waals surface area contributed by atoms with Gasteiger partial charge >= 0.3 is 5.97 Å². The van der Waals surface area contributed by atoms with E-state index in [1.54, 1.807) is 30.3 Å². The second-order valence-electron chi connectivity index (χ2n) is 5.75. The number of hydrogen-bond donors (Lipinski definition) is 1. The molecule has 1 fully saturated rings. The van der Waals surface area contributed by atoms with Crippen molar-refractivity contribution in [3.8, 4) is 0 Å². The number of carbonyl (C=O) groups is 2. The minimum absolute atomic E-state index is 0.00849. The summed E-state index contributed by atoms with van der Waals surface area (Å²) in [7, 11) is 0. The van der Waals surface area contributed by atoms with Gasteiger partial charge in [0.15, 0.2) is 6.61 Å². The zero-order chi connectivity index (χ0) is 18.0. The lowest BCUT2D eigenvalue weighted by molar-refractivity contribution is -0.148. The first kappa shape index (κ1) is 17.7. The molecule has 25 heavy (non-hydrogen) atoms. The monoisotopic (exact) mass is 381 g/mol. The maximum absolute atomic E-state index is 12.9. The fourth-order valence-corrected chi connectivity index (χ4v) is 3.06. The van der Waals surface area contributed by atoms with Crippen molar-refractivity contribution in [3.63, 3.8) is 0 Å². The average molecular weight is 382 g/mol. The quantitative estimate of drug-likeness (QED) is 0.779. The van der Waals surface area contributed by atoms with Crippen LogP contribution in [0.25, 0.3) is 0 Å². The summed E-state index contributed by atoms with van der Waals surface area (Å²) in [5.74, 6) is -1.59. The summed E-state index contributed by atoms with van der Waals surface area (Å²) in [6.07, 6.45) is 0.627. The van der Waals surface area contributed by atoms with E-state index in [2.05, 4.69) is 5.32 Å². The van der Waals surface area contributed by atoms with Gasteiger partial charge < -0.3 is 10.1 Å². The molecule has 1 amide bonds. The normalized spacial score (nSPS) is 18.5. The van der Waals surface area contributed by atoms with E-state index in [0.29, 0.717) is 16.5 Å². The van der Waals surface area contributed by atoms with Crippen molar-refractivity contribution in [2.24, 2.45) is 5.92 Å². The number of rotatable bonds is 5. The Morgan fingerprint density at radius 1 is 1.12 bits per heavy atom. The summed E-state index contributed by atoms with van der Waals surface area (Å²) < 4.78 is 18.0. The van der Waals surface area contributed by atoms with E-state index in [0.717, 1.165) is 5.56 Å². The van der Waals surface area contributed by atoms with E-state index in [-0.39, 0.29) is 23.3 Å². The van der Waals surface area contributed by atoms with E-state index in [4.69, 9.17) is 27.9 Å². The molecule has 1 saturated carbocycles. The standard InChI is InChI=1S/C18H14Cl2FNO3/c19-14-2-1-3-15(20)17(14)22-16(23)9-25-18(24)13-8-12(13)10-4-6-11(21)7-5-10/h1-7,12-13H,8-9H2,(H,22,23). The van der Waals surface area contributed by atoms with Crippen molar-refractivity contribution < 1.29 is 18.7 Å². The van der Waals surface area contributed by atoms with Gasteiger partial charge in [-0.2, -0.15) is 0 Å². The van der Waals surface area contributed by atoms with Crippen molar-refractivity contribution in [1.29, 1.82) is 0 Å². The molecule has 7 heteroatoms. The Morgan fingerprint density at radius 2 is 1.76 bits per heavy atom. The molecule has 2 aromatic carbocycles. The maximum atomic E-state index is 12.9. The van der Waals surface area contributed by atoms with Crippen LogP contribution in [-0.4, -0.2) is 18.5 Å². The first-order chi connectivity index (χ1) is 12.0. The number of halogens is 3. The topological polar surface area (TPSA) is 55.4 Å². The molecule has 1 N–H and O–H groups in total. The third-order valence-corrected chi connectivity index (χ3v) is 4.59. The molecule has 0 saturated heterocycles. The van der Waals surface area contributed by atoms with Gasteiger partial charge in [-0.05, 0) is 42.2 Å². The average Bonchev–Trinajstić information content (AvgIpc) is 3.37. The molecule has 0 heterocycles. The SMILES string of the molecule is O=C(COC(=O)C1CC1c1ccc(F)cc1)Nc1c(Cl)cccc1Cl. The van der Waals surface area contributed by atoms with Crippen molar-refractivity contribution in [2.75, 3.05) is 11.9 Å². The van der Waals surface area contributed by atoms with E-state index in [1.165, 1.54) is 12.1 Å². The third-order valence-electron chi connectivity index (χ3n) is 3.96. The van der Waals surface area contributed by atoms with Crippen LogP contribution in [0.5, 0.6) is 0 Å². The molecule has 2 atom stereocenters. The number of esters is 1. The lowest BCUT2D eigenvalue weighted by atomic mass is 10.1. The van der Waals surface area contributed by atoms with Crippen LogP contribution >= 0.6 is 23.2 Å². The highest BCUT2D eigenvalue weighted by atomic mass is 35.5. The Bertz CT molecular complexity index is 790. The fourth-order valence-electron chi connectivity index (χ4n) is 2.57. The Hall–Kier alpha value is -2.11. The number of para-hydroxylation sites is 1. The molecule has 0 aromatic heterocycles. The Morgan fingerprint density at radius 3 is 2.40 bits per heavy atom. The summed E-state index contributed by atoms with van der Waals surface area (Å²) in [5.41, 5.74) is 1.16. The smallest absolute Gasteiger partial charge is 0.310 e. The van der Waals surface area contributed by atoms with Gasteiger partial charge in [0.05, 0.1) is 21.7 Å². The van der Waals surface area contributed by atoms with Crippen LogP contribution in [0.3, 0.4) is 0 Å². The Balaban J connectivity index is 1.50. The molecule has 0 radical (unpaired) electrons. The molecular formula is C18H14Cl2FNO3. The molecule has 0 bridgehead atoms. The summed E-state index contributed by atoms with van der Waals surface area (Å²) in [6, 6.07) is 10.9. The van der Waals surface area contributed by atoms with Gasteiger partial charge in [0.2, 0.25) is 0 Å². The first-order valence-corrected chi connectivity index (χ1v) is 8.37. The van der Waals surface area contributed by atoms with E-state index >= 15 is 0 Å². The third kappa shape index (κ3) is 4.30. The highest BCUT2D eigenvalue weighted by Gasteiger charge is 2.45. The van der Waals surface area contributed by atoms with Crippen LogP contribution < -0.4 is 5.32 Å². The zero-order valence-corrected chi connectivity index (χ0v) is 14.5. The van der Waals surface area contributed by atoms with Gasteiger partial charge in [0.1, 0.15) is 5.82 Å². The molecule has 1 aliphatic rings. The van der Waals surface area contributed by atoms with Crippen molar-refractivity contribution in [2.45, 2.75) is 12.3 Å². The maximum Gasteiger partial charge on any atom is 0.310 e. The number of benzene rings is 2. The molecule has 0 aliphatic heterocycles. The number of ether oxygens (including phenoxy) is 1. The van der Waals surface area contributed by atoms with Crippen LogP contribution in [-0.2, 0) is 14.3 Å². The number of amides is 1. The van der Waals surface area contributed by atoms with E-state index in [9.17, 15) is 14.0 Å². The Kier molecular flexibility index (Phi) is 5.25. The minimum Gasteiger partial charge on any atom is -0.455 e. The lowest BCUT2D eigenvalue weighted by Gasteiger charge is -2.09. The van der Waals surface area contributed by atoms with Gasteiger partial charge in [0.25, 0.3) is 5.91 Å². The number of hydrogen-bond acceptors (Lipinski definition) is 3. The van der Waals surface area contributed by atoms with Gasteiger partial charge in [0, 0.05) is 0 Å². The van der Waals surface area contributed by atoms with Crippen molar-refractivity contribution >= 4 is 40.8 Å². The molecule has 130 valence electrons. The van der Waals surface area contributed by atoms with Crippen molar-refractivity contribution in [1.82, 2.24) is 0 Å². The second kappa shape index (κ2) is 7.42. The molecule has 4 nitrogen and oxygen atoms in total. The molecule has 0 spiro atoms. The van der Waals surface area contributed by atoms with Gasteiger partial charge in [-0.1, -0.05) is 41.4 Å². The summed E-state index contributed by atoms with van der Waals surface area (Å²) in [6.45, 7) is -0.424. The predicted octanol–water partition coefficient (Wildman–Crippen LogP) is 4.42. The van der Waals surface area contributed by atoms with Crippen LogP contribution in [0.15, 0.2) is 42.5 Å². The Labute approximate surface area is 153 Å². The summed E-state index contributed by atoms with van der Waals surface area (Å²) in [4.78, 5) is 23.9. The number of nitrogens with one attached hydrogen (secondary N) is 1. The molecule has 2 aromatic rings. The van der Waals surface area contributed by atoms with Gasteiger partial charge in [-0.25, -0.2) is 4.39 Å². The van der Waals surface area contributed by atoms with E-state index < -0.39 is 18.5 Å². The predicted molar refractivity (Wildman–Crippen MR) is 93.3 cm³/mol. The molecular weight excluding hydrogens is 368 g/mol. The summed E-state index contributed by atoms with van der Waals surface area (Å²) >= 11 is 11.9. The van der Waals surface area contributed by atoms with Gasteiger partial charge in [-0.15, -0.1) is 0 Å². The van der Waals surface area contributed by atoms with Crippen molar-refractivity contribution in [3.05, 3.63) is 63.9 Å². The highest BCUT2D eigenvalue weighted by Crippen LogP contribution is 2.48. The zero-order valence-electron chi connectivity index (χ0n) is 13.0. The molecule has 1 aliphatic carbocycles. The highest BCUT2D eigenvalue weighted by molar-refractivity contribution is 6.39. The van der Waals surface area contributed by atoms with E-state index in [1.807, 2.05) is 0 Å². The molecule has 3 rings (SSSR count). The lowest BCUT2D eigenvalue weighted by Crippen LogP contribution is -2.22. The first-order valence-electron chi connectivity index (χ1n) is 7.61. The van der Waals surface area contributed by atoms with Crippen LogP contribution in [0.4, 0.5) is 10.1 Å².